The molecule has 0 saturated carbocycles. The summed E-state index contributed by atoms with van der Waals surface area (Å²) in [4.78, 5) is 37.1. The van der Waals surface area contributed by atoms with Crippen molar-refractivity contribution >= 4 is 11.8 Å². The van der Waals surface area contributed by atoms with Gasteiger partial charge in [-0.05, 0) is 43.9 Å². The van der Waals surface area contributed by atoms with Crippen LogP contribution in [0.1, 0.15) is 39.2 Å². The lowest BCUT2D eigenvalue weighted by molar-refractivity contribution is -0.130. The maximum atomic E-state index is 12.9. The van der Waals surface area contributed by atoms with Gasteiger partial charge in [-0.25, -0.2) is 4.98 Å². The number of hydrogen-bond acceptors (Lipinski definition) is 4. The molecule has 0 radical (unpaired) electrons. The number of carbonyl (C=O) groups excluding carboxylic acids is 2. The van der Waals surface area contributed by atoms with Crippen molar-refractivity contribution in [2.24, 2.45) is 0 Å². The minimum Gasteiger partial charge on any atom is -0.341 e. The molecule has 6 heteroatoms. The number of nitrogens with zero attached hydrogens (tertiary/aromatic N) is 4. The highest BCUT2D eigenvalue weighted by Crippen LogP contribution is 2.18. The van der Waals surface area contributed by atoms with E-state index in [1.54, 1.807) is 11.1 Å². The lowest BCUT2D eigenvalue weighted by atomic mass is 9.97. The van der Waals surface area contributed by atoms with E-state index < -0.39 is 0 Å². The van der Waals surface area contributed by atoms with E-state index in [9.17, 15) is 9.59 Å². The molecule has 3 rings (SSSR count). The predicted molar refractivity (Wildman–Crippen MR) is 103 cm³/mol. The van der Waals surface area contributed by atoms with Gasteiger partial charge in [0, 0.05) is 38.6 Å². The summed E-state index contributed by atoms with van der Waals surface area (Å²) >= 11 is 0. The van der Waals surface area contributed by atoms with E-state index in [1.807, 2.05) is 4.90 Å². The molecule has 1 aliphatic rings. The van der Waals surface area contributed by atoms with Crippen molar-refractivity contribution in [2.45, 2.75) is 33.6 Å². The highest BCUT2D eigenvalue weighted by atomic mass is 16.2. The smallest absolute Gasteiger partial charge is 0.274 e. The third kappa shape index (κ3) is 4.51. The molecule has 1 aromatic heterocycles. The maximum absolute atomic E-state index is 12.9. The molecular formula is C21H26N4O2. The van der Waals surface area contributed by atoms with E-state index >= 15 is 0 Å². The zero-order valence-electron chi connectivity index (χ0n) is 16.2. The third-order valence-corrected chi connectivity index (χ3v) is 5.09. The first-order valence-corrected chi connectivity index (χ1v) is 9.35. The molecule has 0 N–H and O–H groups in total. The van der Waals surface area contributed by atoms with Crippen molar-refractivity contribution in [1.29, 1.82) is 0 Å². The second-order valence-corrected chi connectivity index (χ2v) is 7.17. The van der Waals surface area contributed by atoms with Crippen molar-refractivity contribution in [2.75, 3.05) is 26.2 Å². The molecule has 142 valence electrons. The molecule has 27 heavy (non-hydrogen) atoms. The molecule has 2 aromatic rings. The third-order valence-electron chi connectivity index (χ3n) is 5.09. The lowest BCUT2D eigenvalue weighted by Crippen LogP contribution is -2.38. The highest BCUT2D eigenvalue weighted by Gasteiger charge is 2.24. The lowest BCUT2D eigenvalue weighted by Gasteiger charge is -2.23. The molecule has 0 bridgehead atoms. The fourth-order valence-electron chi connectivity index (χ4n) is 3.69. The van der Waals surface area contributed by atoms with Gasteiger partial charge in [-0.3, -0.25) is 14.6 Å². The molecule has 2 heterocycles. The van der Waals surface area contributed by atoms with Crippen LogP contribution in [0.5, 0.6) is 0 Å². The van der Waals surface area contributed by atoms with Gasteiger partial charge in [0.1, 0.15) is 5.69 Å². The Morgan fingerprint density at radius 2 is 1.63 bits per heavy atom. The van der Waals surface area contributed by atoms with Gasteiger partial charge in [0.15, 0.2) is 0 Å². The van der Waals surface area contributed by atoms with Crippen LogP contribution in [0.2, 0.25) is 0 Å². The summed E-state index contributed by atoms with van der Waals surface area (Å²) in [5.74, 6) is 0.00137. The summed E-state index contributed by atoms with van der Waals surface area (Å²) in [7, 11) is 0. The van der Waals surface area contributed by atoms with Crippen LogP contribution in [-0.2, 0) is 11.2 Å². The number of benzene rings is 1. The Balaban J connectivity index is 1.64. The number of aromatic nitrogens is 2. The van der Waals surface area contributed by atoms with Crippen molar-refractivity contribution in [3.05, 3.63) is 58.7 Å². The Bertz CT molecular complexity index is 812. The van der Waals surface area contributed by atoms with Gasteiger partial charge < -0.3 is 9.80 Å². The minimum atomic E-state index is -0.123. The summed E-state index contributed by atoms with van der Waals surface area (Å²) in [5.41, 5.74) is 5.00. The number of carbonyl (C=O) groups is 2. The van der Waals surface area contributed by atoms with E-state index in [1.165, 1.54) is 18.0 Å². The van der Waals surface area contributed by atoms with Crippen LogP contribution in [0.25, 0.3) is 0 Å². The van der Waals surface area contributed by atoms with Gasteiger partial charge in [0.05, 0.1) is 12.6 Å². The number of amides is 2. The zero-order valence-corrected chi connectivity index (χ0v) is 16.2. The van der Waals surface area contributed by atoms with Gasteiger partial charge in [-0.15, -0.1) is 0 Å². The molecule has 0 aliphatic carbocycles. The molecule has 1 aliphatic heterocycles. The molecule has 6 nitrogen and oxygen atoms in total. The van der Waals surface area contributed by atoms with Gasteiger partial charge in [0.25, 0.3) is 5.91 Å². The Labute approximate surface area is 160 Å². The topological polar surface area (TPSA) is 66.4 Å². The van der Waals surface area contributed by atoms with E-state index in [0.717, 1.165) is 23.1 Å². The molecule has 2 amide bonds. The minimum absolute atomic E-state index is 0.123. The fourth-order valence-corrected chi connectivity index (χ4v) is 3.69. The Kier molecular flexibility index (Phi) is 5.84. The standard InChI is InChI=1S/C21H26N4O2/c1-15-11-16(2)18(17(3)12-15)13-20(26)24-7-4-8-25(10-9-24)21(27)19-14-22-5-6-23-19/h5-6,11-12,14H,4,7-10,13H2,1-3H3. The maximum Gasteiger partial charge on any atom is 0.274 e. The van der Waals surface area contributed by atoms with Crippen LogP contribution in [0, 0.1) is 20.8 Å². The largest absolute Gasteiger partial charge is 0.341 e. The summed E-state index contributed by atoms with van der Waals surface area (Å²) in [6, 6.07) is 4.25. The van der Waals surface area contributed by atoms with Crippen LogP contribution in [0.15, 0.2) is 30.7 Å². The molecule has 0 unspecified atom stereocenters. The van der Waals surface area contributed by atoms with E-state index in [4.69, 9.17) is 0 Å². The van der Waals surface area contributed by atoms with Crippen molar-refractivity contribution in [3.63, 3.8) is 0 Å². The van der Waals surface area contributed by atoms with Gasteiger partial charge >= 0.3 is 0 Å². The van der Waals surface area contributed by atoms with Crippen LogP contribution >= 0.6 is 0 Å². The first kappa shape index (κ1) is 19.0. The number of rotatable bonds is 3. The summed E-state index contributed by atoms with van der Waals surface area (Å²) in [6.45, 7) is 8.57. The molecule has 1 saturated heterocycles. The Morgan fingerprint density at radius 1 is 0.963 bits per heavy atom. The highest BCUT2D eigenvalue weighted by molar-refractivity contribution is 5.92. The monoisotopic (exact) mass is 366 g/mol. The first-order chi connectivity index (χ1) is 13.0. The predicted octanol–water partition coefficient (Wildman–Crippen LogP) is 2.32. The number of aryl methyl sites for hydroxylation is 3. The summed E-state index contributed by atoms with van der Waals surface area (Å²) in [6.07, 6.45) is 5.74. The summed E-state index contributed by atoms with van der Waals surface area (Å²) < 4.78 is 0. The van der Waals surface area contributed by atoms with Crippen LogP contribution in [-0.4, -0.2) is 57.8 Å². The fraction of sp³-hybridized carbons (Fsp3) is 0.429. The van der Waals surface area contributed by atoms with Gasteiger partial charge in [-0.1, -0.05) is 17.7 Å². The SMILES string of the molecule is Cc1cc(C)c(CC(=O)N2CCCN(C(=O)c3cnccn3)CC2)c(C)c1. The molecule has 0 atom stereocenters. The van der Waals surface area contributed by atoms with E-state index in [-0.39, 0.29) is 11.8 Å². The summed E-state index contributed by atoms with van der Waals surface area (Å²) in [5, 5.41) is 0. The van der Waals surface area contributed by atoms with Gasteiger partial charge in [0.2, 0.25) is 5.91 Å². The van der Waals surface area contributed by atoms with Crippen LogP contribution in [0.3, 0.4) is 0 Å². The van der Waals surface area contributed by atoms with E-state index in [0.29, 0.717) is 38.3 Å². The Hall–Kier alpha value is -2.76. The van der Waals surface area contributed by atoms with Gasteiger partial charge in [-0.2, -0.15) is 0 Å². The second kappa shape index (κ2) is 8.29. The molecule has 0 spiro atoms. The number of hydrogen-bond donors (Lipinski definition) is 0. The zero-order chi connectivity index (χ0) is 19.4. The average molecular weight is 366 g/mol. The first-order valence-electron chi connectivity index (χ1n) is 9.35. The van der Waals surface area contributed by atoms with Crippen molar-refractivity contribution in [3.8, 4) is 0 Å². The van der Waals surface area contributed by atoms with Crippen LogP contribution < -0.4 is 0 Å². The molecule has 1 aromatic carbocycles. The normalized spacial score (nSPS) is 14.8. The van der Waals surface area contributed by atoms with Crippen molar-refractivity contribution < 1.29 is 9.59 Å². The molecule has 1 fully saturated rings. The van der Waals surface area contributed by atoms with Crippen molar-refractivity contribution in [1.82, 2.24) is 19.8 Å². The van der Waals surface area contributed by atoms with E-state index in [2.05, 4.69) is 42.9 Å². The second-order valence-electron chi connectivity index (χ2n) is 7.17. The molecular weight excluding hydrogens is 340 g/mol. The quantitative estimate of drug-likeness (QED) is 0.836. The Morgan fingerprint density at radius 3 is 2.30 bits per heavy atom. The average Bonchev–Trinajstić information content (AvgIpc) is 2.91. The van der Waals surface area contributed by atoms with Crippen LogP contribution in [0.4, 0.5) is 0 Å².